The number of nitrogens with zero attached hydrogens (tertiary/aromatic N) is 1. The van der Waals surface area contributed by atoms with Gasteiger partial charge in [0.2, 0.25) is 0 Å². The first-order chi connectivity index (χ1) is 9.92. The molecule has 0 spiro atoms. The van der Waals surface area contributed by atoms with Gasteiger partial charge in [-0.1, -0.05) is 17.9 Å². The molecule has 2 aromatic rings. The molecule has 1 heterocycles. The third kappa shape index (κ3) is 3.82. The fourth-order valence-corrected chi connectivity index (χ4v) is 3.89. The predicted octanol–water partition coefficient (Wildman–Crippen LogP) is 1.90. The van der Waals surface area contributed by atoms with E-state index in [2.05, 4.69) is 21.5 Å². The molecule has 0 saturated heterocycles. The molecule has 7 heteroatoms. The van der Waals surface area contributed by atoms with Crippen LogP contribution in [0.2, 0.25) is 0 Å². The number of rotatable bonds is 3. The van der Waals surface area contributed by atoms with Gasteiger partial charge in [0.25, 0.3) is 10.0 Å². The summed E-state index contributed by atoms with van der Waals surface area (Å²) < 4.78 is 27.3. The van der Waals surface area contributed by atoms with Gasteiger partial charge < -0.3 is 5.11 Å². The Bertz CT molecular complexity index is 814. The quantitative estimate of drug-likeness (QED) is 0.846. The topological polar surface area (TPSA) is 79.3 Å². The zero-order valence-corrected chi connectivity index (χ0v) is 13.2. The van der Waals surface area contributed by atoms with Gasteiger partial charge in [0, 0.05) is 10.9 Å². The number of hydrogen-bond acceptors (Lipinski definition) is 5. The fourth-order valence-electron chi connectivity index (χ4n) is 1.68. The highest BCUT2D eigenvalue weighted by Crippen LogP contribution is 2.22. The van der Waals surface area contributed by atoms with Crippen molar-refractivity contribution in [3.8, 4) is 11.8 Å². The molecule has 0 amide bonds. The molecule has 1 aromatic heterocycles. The SMILES string of the molecule is Cc1csc(NS(=O)(=O)c2cc(C#CCO)ccc2C)n1. The first-order valence-electron chi connectivity index (χ1n) is 6.08. The van der Waals surface area contributed by atoms with Crippen LogP contribution >= 0.6 is 11.3 Å². The maximum atomic E-state index is 12.4. The van der Waals surface area contributed by atoms with Crippen LogP contribution in [-0.4, -0.2) is 25.1 Å². The molecule has 0 fully saturated rings. The molecule has 0 aliphatic heterocycles. The smallest absolute Gasteiger partial charge is 0.263 e. The molecule has 0 aliphatic carbocycles. The lowest BCUT2D eigenvalue weighted by atomic mass is 10.1. The van der Waals surface area contributed by atoms with E-state index in [0.29, 0.717) is 16.3 Å². The highest BCUT2D eigenvalue weighted by Gasteiger charge is 2.18. The Kier molecular flexibility index (Phi) is 4.63. The van der Waals surface area contributed by atoms with Crippen molar-refractivity contribution in [2.24, 2.45) is 0 Å². The zero-order chi connectivity index (χ0) is 15.5. The Morgan fingerprint density at radius 2 is 2.14 bits per heavy atom. The number of thiazole rings is 1. The summed E-state index contributed by atoms with van der Waals surface area (Å²) in [7, 11) is -3.71. The Morgan fingerprint density at radius 1 is 1.38 bits per heavy atom. The summed E-state index contributed by atoms with van der Waals surface area (Å²) in [6.45, 7) is 3.24. The molecule has 0 radical (unpaired) electrons. The average molecular weight is 322 g/mol. The number of aliphatic hydroxyl groups is 1. The summed E-state index contributed by atoms with van der Waals surface area (Å²) in [5.41, 5.74) is 1.91. The van der Waals surface area contributed by atoms with Crippen LogP contribution in [-0.2, 0) is 10.0 Å². The molecular formula is C14H14N2O3S2. The molecule has 0 bridgehead atoms. The van der Waals surface area contributed by atoms with Crippen LogP contribution in [0.4, 0.5) is 5.13 Å². The highest BCUT2D eigenvalue weighted by molar-refractivity contribution is 7.93. The fraction of sp³-hybridized carbons (Fsp3) is 0.214. The number of aliphatic hydroxyl groups excluding tert-OH is 1. The Balaban J connectivity index is 2.39. The summed E-state index contributed by atoms with van der Waals surface area (Å²) in [5.74, 6) is 5.19. The number of sulfonamides is 1. The van der Waals surface area contributed by atoms with Crippen molar-refractivity contribution in [3.05, 3.63) is 40.4 Å². The van der Waals surface area contributed by atoms with E-state index in [9.17, 15) is 8.42 Å². The Labute approximate surface area is 127 Å². The summed E-state index contributed by atoms with van der Waals surface area (Å²) in [6, 6.07) is 4.88. The summed E-state index contributed by atoms with van der Waals surface area (Å²) in [5, 5.41) is 10.8. The normalized spacial score (nSPS) is 10.8. The van der Waals surface area contributed by atoms with Crippen LogP contribution in [0.15, 0.2) is 28.5 Å². The van der Waals surface area contributed by atoms with Crippen LogP contribution in [0.5, 0.6) is 0 Å². The van der Waals surface area contributed by atoms with Gasteiger partial charge >= 0.3 is 0 Å². The van der Waals surface area contributed by atoms with Gasteiger partial charge in [-0.3, -0.25) is 4.72 Å². The van der Waals surface area contributed by atoms with Crippen molar-refractivity contribution in [1.82, 2.24) is 4.98 Å². The number of benzene rings is 1. The number of nitrogens with one attached hydrogen (secondary N) is 1. The van der Waals surface area contributed by atoms with Crippen molar-refractivity contribution in [2.75, 3.05) is 11.3 Å². The number of hydrogen-bond donors (Lipinski definition) is 2. The Morgan fingerprint density at radius 3 is 2.76 bits per heavy atom. The molecule has 0 saturated carbocycles. The van der Waals surface area contributed by atoms with Crippen LogP contribution in [0.1, 0.15) is 16.8 Å². The van der Waals surface area contributed by atoms with E-state index in [1.54, 1.807) is 31.4 Å². The molecule has 1 aromatic carbocycles. The van der Waals surface area contributed by atoms with E-state index in [4.69, 9.17) is 5.11 Å². The number of anilines is 1. The maximum absolute atomic E-state index is 12.4. The highest BCUT2D eigenvalue weighted by atomic mass is 32.2. The lowest BCUT2D eigenvalue weighted by Gasteiger charge is -2.08. The zero-order valence-electron chi connectivity index (χ0n) is 11.5. The molecule has 5 nitrogen and oxygen atoms in total. The third-order valence-corrected chi connectivity index (χ3v) is 5.12. The van der Waals surface area contributed by atoms with Crippen LogP contribution in [0.3, 0.4) is 0 Å². The molecule has 2 N–H and O–H groups in total. The minimum atomic E-state index is -3.71. The number of aromatic nitrogens is 1. The molecule has 0 aliphatic rings. The van der Waals surface area contributed by atoms with Gasteiger partial charge in [-0.25, -0.2) is 13.4 Å². The Hall–Kier alpha value is -1.88. The van der Waals surface area contributed by atoms with Gasteiger partial charge in [0.15, 0.2) is 5.13 Å². The van der Waals surface area contributed by atoms with Crippen molar-refractivity contribution < 1.29 is 13.5 Å². The van der Waals surface area contributed by atoms with E-state index in [1.165, 1.54) is 17.4 Å². The van der Waals surface area contributed by atoms with Gasteiger partial charge in [-0.15, -0.1) is 11.3 Å². The van der Waals surface area contributed by atoms with Gasteiger partial charge in [-0.05, 0) is 31.5 Å². The van der Waals surface area contributed by atoms with Crippen molar-refractivity contribution in [1.29, 1.82) is 0 Å². The van der Waals surface area contributed by atoms with E-state index in [-0.39, 0.29) is 11.5 Å². The summed E-state index contributed by atoms with van der Waals surface area (Å²) in [6.07, 6.45) is 0. The van der Waals surface area contributed by atoms with Crippen LogP contribution in [0, 0.1) is 25.7 Å². The number of aryl methyl sites for hydroxylation is 2. The minimum absolute atomic E-state index is 0.153. The largest absolute Gasteiger partial charge is 0.384 e. The monoisotopic (exact) mass is 322 g/mol. The van der Waals surface area contributed by atoms with Crippen LogP contribution < -0.4 is 4.72 Å². The summed E-state index contributed by atoms with van der Waals surface area (Å²) >= 11 is 1.23. The second-order valence-electron chi connectivity index (χ2n) is 4.34. The van der Waals surface area contributed by atoms with E-state index in [0.717, 1.165) is 5.69 Å². The van der Waals surface area contributed by atoms with E-state index in [1.807, 2.05) is 0 Å². The van der Waals surface area contributed by atoms with Crippen molar-refractivity contribution >= 4 is 26.5 Å². The first-order valence-corrected chi connectivity index (χ1v) is 8.44. The summed E-state index contributed by atoms with van der Waals surface area (Å²) in [4.78, 5) is 4.24. The maximum Gasteiger partial charge on any atom is 0.263 e. The molecular weight excluding hydrogens is 308 g/mol. The van der Waals surface area contributed by atoms with Crippen molar-refractivity contribution in [2.45, 2.75) is 18.7 Å². The van der Waals surface area contributed by atoms with Gasteiger partial charge in [0.1, 0.15) is 6.61 Å². The first kappa shape index (κ1) is 15.5. The van der Waals surface area contributed by atoms with Crippen molar-refractivity contribution in [3.63, 3.8) is 0 Å². The molecule has 0 atom stereocenters. The second kappa shape index (κ2) is 6.26. The molecule has 2 rings (SSSR count). The average Bonchev–Trinajstić information content (AvgIpc) is 2.82. The van der Waals surface area contributed by atoms with E-state index < -0.39 is 10.0 Å². The predicted molar refractivity (Wildman–Crippen MR) is 82.8 cm³/mol. The van der Waals surface area contributed by atoms with Crippen LogP contribution in [0.25, 0.3) is 0 Å². The standard InChI is InChI=1S/C14H14N2O3S2/c1-10-5-6-12(4-3-7-17)8-13(10)21(18,19)16-14-15-11(2)9-20-14/h5-6,8-9,17H,7H2,1-2H3,(H,15,16). The van der Waals surface area contributed by atoms with E-state index >= 15 is 0 Å². The molecule has 0 unspecified atom stereocenters. The van der Waals surface area contributed by atoms with Gasteiger partial charge in [0.05, 0.1) is 10.6 Å². The second-order valence-corrected chi connectivity index (χ2v) is 6.85. The van der Waals surface area contributed by atoms with Gasteiger partial charge in [-0.2, -0.15) is 0 Å². The third-order valence-electron chi connectivity index (χ3n) is 2.63. The lowest BCUT2D eigenvalue weighted by molar-refractivity contribution is 0.350. The lowest BCUT2D eigenvalue weighted by Crippen LogP contribution is -2.14. The minimum Gasteiger partial charge on any atom is -0.384 e. The molecule has 21 heavy (non-hydrogen) atoms. The molecule has 110 valence electrons.